The zero-order chi connectivity index (χ0) is 18.7. The van der Waals surface area contributed by atoms with E-state index in [2.05, 4.69) is 49.9 Å². The second kappa shape index (κ2) is 12.7. The normalized spacial score (nSPS) is 15.1. The highest BCUT2D eigenvalue weighted by atomic mass is 127. The predicted octanol–water partition coefficient (Wildman–Crippen LogP) is 2.15. The third-order valence-electron chi connectivity index (χ3n) is 4.46. The van der Waals surface area contributed by atoms with Crippen molar-refractivity contribution in [3.63, 3.8) is 0 Å². The van der Waals surface area contributed by atoms with E-state index in [1.54, 1.807) is 0 Å². The second-order valence-electron chi connectivity index (χ2n) is 6.46. The summed E-state index contributed by atoms with van der Waals surface area (Å²) in [5, 5.41) is 11.2. The van der Waals surface area contributed by atoms with Gasteiger partial charge in [0.15, 0.2) is 5.96 Å². The topological polar surface area (TPSA) is 73.8 Å². The van der Waals surface area contributed by atoms with Crippen molar-refractivity contribution in [1.82, 2.24) is 20.5 Å². The fourth-order valence-electron chi connectivity index (χ4n) is 3.01. The molecule has 3 N–H and O–H groups in total. The van der Waals surface area contributed by atoms with Crippen molar-refractivity contribution in [2.24, 2.45) is 4.99 Å². The number of hydrogen-bond acceptors (Lipinski definition) is 5. The van der Waals surface area contributed by atoms with Gasteiger partial charge < -0.3 is 20.7 Å². The molecule has 8 heteroatoms. The van der Waals surface area contributed by atoms with Gasteiger partial charge in [0, 0.05) is 44.7 Å². The Balaban J connectivity index is 0.00000280. The Kier molecular flexibility index (Phi) is 10.3. The molecule has 1 aliphatic rings. The zero-order valence-electron chi connectivity index (χ0n) is 16.5. The molecule has 0 amide bonds. The van der Waals surface area contributed by atoms with Gasteiger partial charge in [-0.05, 0) is 25.1 Å². The first-order chi connectivity index (χ1) is 13.3. The molecule has 1 fully saturated rings. The van der Waals surface area contributed by atoms with E-state index in [1.807, 2.05) is 24.3 Å². The highest BCUT2D eigenvalue weighted by Gasteiger charge is 2.09. The molecule has 1 aliphatic heterocycles. The van der Waals surface area contributed by atoms with Gasteiger partial charge in [0.1, 0.15) is 5.82 Å². The van der Waals surface area contributed by atoms with E-state index in [0.717, 1.165) is 81.7 Å². The Morgan fingerprint density at radius 1 is 1.11 bits per heavy atom. The summed E-state index contributed by atoms with van der Waals surface area (Å²) >= 11 is 0. The lowest BCUT2D eigenvalue weighted by atomic mass is 10.2. The minimum absolute atomic E-state index is 0. The van der Waals surface area contributed by atoms with Gasteiger partial charge >= 0.3 is 0 Å². The largest absolute Gasteiger partial charge is 0.379 e. The van der Waals surface area contributed by atoms with Crippen LogP contribution in [0.2, 0.25) is 0 Å². The second-order valence-corrected chi connectivity index (χ2v) is 6.46. The molecule has 0 aliphatic carbocycles. The standard InChI is InChI=1S/C20H30N6O.HI/c1-2-21-20(24-11-12-26-13-15-27-16-14-26)23-10-9-22-19-8-7-17-5-3-4-6-18(17)25-19;/h3-8H,2,9-16H2,1H3,(H,22,25)(H2,21,23,24);1H. The van der Waals surface area contributed by atoms with Crippen molar-refractivity contribution in [3.05, 3.63) is 36.4 Å². The number of benzene rings is 1. The first-order valence-corrected chi connectivity index (χ1v) is 9.77. The van der Waals surface area contributed by atoms with Gasteiger partial charge in [0.25, 0.3) is 0 Å². The number of anilines is 1. The third-order valence-corrected chi connectivity index (χ3v) is 4.46. The fraction of sp³-hybridized carbons (Fsp3) is 0.500. The lowest BCUT2D eigenvalue weighted by Crippen LogP contribution is -2.41. The Hall–Kier alpha value is -1.65. The van der Waals surface area contributed by atoms with E-state index >= 15 is 0 Å². The Bertz CT molecular complexity index is 735. The third kappa shape index (κ3) is 7.40. The number of aromatic nitrogens is 1. The molecule has 1 saturated heterocycles. The van der Waals surface area contributed by atoms with Crippen molar-refractivity contribution in [2.45, 2.75) is 6.92 Å². The molecule has 3 rings (SSSR count). The highest BCUT2D eigenvalue weighted by Crippen LogP contribution is 2.14. The molecule has 0 atom stereocenters. The van der Waals surface area contributed by atoms with E-state index in [0.29, 0.717) is 0 Å². The smallest absolute Gasteiger partial charge is 0.191 e. The fourth-order valence-corrected chi connectivity index (χ4v) is 3.01. The van der Waals surface area contributed by atoms with Crippen molar-refractivity contribution in [1.29, 1.82) is 0 Å². The number of ether oxygens (including phenoxy) is 1. The number of nitrogens with zero attached hydrogens (tertiary/aromatic N) is 3. The van der Waals surface area contributed by atoms with Crippen LogP contribution in [0.1, 0.15) is 6.92 Å². The maximum atomic E-state index is 5.38. The molecule has 2 heterocycles. The average Bonchev–Trinajstić information content (AvgIpc) is 2.72. The Morgan fingerprint density at radius 3 is 2.75 bits per heavy atom. The molecule has 0 saturated carbocycles. The minimum Gasteiger partial charge on any atom is -0.379 e. The van der Waals surface area contributed by atoms with Crippen LogP contribution in [0.15, 0.2) is 41.4 Å². The quantitative estimate of drug-likeness (QED) is 0.224. The molecule has 7 nitrogen and oxygen atoms in total. The van der Waals surface area contributed by atoms with Crippen LogP contribution in [0.3, 0.4) is 0 Å². The lowest BCUT2D eigenvalue weighted by molar-refractivity contribution is 0.0394. The van der Waals surface area contributed by atoms with Crippen LogP contribution in [0.4, 0.5) is 5.82 Å². The van der Waals surface area contributed by atoms with Gasteiger partial charge in [-0.3, -0.25) is 9.89 Å². The summed E-state index contributed by atoms with van der Waals surface area (Å²) in [4.78, 5) is 11.7. The first kappa shape index (κ1) is 22.6. The lowest BCUT2D eigenvalue weighted by Gasteiger charge is -2.25. The minimum atomic E-state index is 0. The van der Waals surface area contributed by atoms with Crippen LogP contribution in [-0.4, -0.2) is 74.9 Å². The number of nitrogens with one attached hydrogen (secondary N) is 3. The van der Waals surface area contributed by atoms with Crippen LogP contribution in [0.25, 0.3) is 10.9 Å². The molecule has 154 valence electrons. The van der Waals surface area contributed by atoms with E-state index < -0.39 is 0 Å². The maximum Gasteiger partial charge on any atom is 0.191 e. The number of aliphatic imine (C=N–C) groups is 1. The van der Waals surface area contributed by atoms with Gasteiger partial charge in [-0.25, -0.2) is 4.98 Å². The number of halogens is 1. The summed E-state index contributed by atoms with van der Waals surface area (Å²) < 4.78 is 5.38. The van der Waals surface area contributed by atoms with Crippen molar-refractivity contribution in [2.75, 3.05) is 64.3 Å². The van der Waals surface area contributed by atoms with Crippen LogP contribution in [0.5, 0.6) is 0 Å². The van der Waals surface area contributed by atoms with Gasteiger partial charge in [-0.1, -0.05) is 18.2 Å². The molecule has 0 radical (unpaired) electrons. The summed E-state index contributed by atoms with van der Waals surface area (Å²) in [5.41, 5.74) is 1.01. The van der Waals surface area contributed by atoms with Crippen molar-refractivity contribution >= 4 is 46.7 Å². The summed E-state index contributed by atoms with van der Waals surface area (Å²) in [6, 6.07) is 12.3. The summed E-state index contributed by atoms with van der Waals surface area (Å²) in [5.74, 6) is 1.75. The molecule has 0 unspecified atom stereocenters. The maximum absolute atomic E-state index is 5.38. The zero-order valence-corrected chi connectivity index (χ0v) is 18.8. The van der Waals surface area contributed by atoms with Crippen molar-refractivity contribution < 1.29 is 4.74 Å². The Morgan fingerprint density at radius 2 is 1.93 bits per heavy atom. The highest BCUT2D eigenvalue weighted by molar-refractivity contribution is 14.0. The van der Waals surface area contributed by atoms with E-state index in [1.165, 1.54) is 0 Å². The number of morpholine rings is 1. The van der Waals surface area contributed by atoms with Crippen LogP contribution >= 0.6 is 24.0 Å². The van der Waals surface area contributed by atoms with Gasteiger partial charge in [0.2, 0.25) is 0 Å². The summed E-state index contributed by atoms with van der Waals surface area (Å²) in [6.07, 6.45) is 0. The molecule has 0 spiro atoms. The van der Waals surface area contributed by atoms with E-state index in [9.17, 15) is 0 Å². The van der Waals surface area contributed by atoms with Crippen molar-refractivity contribution in [3.8, 4) is 0 Å². The molecule has 1 aromatic heterocycles. The van der Waals surface area contributed by atoms with Crippen LogP contribution in [0, 0.1) is 0 Å². The van der Waals surface area contributed by atoms with Crippen LogP contribution < -0.4 is 16.0 Å². The summed E-state index contributed by atoms with van der Waals surface area (Å²) in [7, 11) is 0. The molecule has 2 aromatic rings. The predicted molar refractivity (Wildman–Crippen MR) is 127 cm³/mol. The SMILES string of the molecule is CCNC(=NCCN1CCOCC1)NCCNc1ccc2ccccc2n1.I. The van der Waals surface area contributed by atoms with Gasteiger partial charge in [-0.2, -0.15) is 0 Å². The molecule has 28 heavy (non-hydrogen) atoms. The average molecular weight is 498 g/mol. The monoisotopic (exact) mass is 498 g/mol. The number of para-hydroxylation sites is 1. The number of pyridine rings is 1. The molecular weight excluding hydrogens is 467 g/mol. The molecule has 0 bridgehead atoms. The first-order valence-electron chi connectivity index (χ1n) is 9.77. The Labute approximate surface area is 184 Å². The van der Waals surface area contributed by atoms with Crippen LogP contribution in [-0.2, 0) is 4.74 Å². The van der Waals surface area contributed by atoms with E-state index in [4.69, 9.17) is 4.74 Å². The number of guanidine groups is 1. The van der Waals surface area contributed by atoms with E-state index in [-0.39, 0.29) is 24.0 Å². The molecule has 1 aromatic carbocycles. The van der Waals surface area contributed by atoms with Gasteiger partial charge in [0.05, 0.1) is 25.3 Å². The number of hydrogen-bond donors (Lipinski definition) is 3. The summed E-state index contributed by atoms with van der Waals surface area (Å²) in [6.45, 7) is 9.90. The number of rotatable bonds is 8. The molecular formula is C20H31IN6O. The van der Waals surface area contributed by atoms with Gasteiger partial charge in [-0.15, -0.1) is 24.0 Å². The number of fused-ring (bicyclic) bond motifs is 1.